The highest BCUT2D eigenvalue weighted by atomic mass is 79.9. The molecule has 0 saturated carbocycles. The summed E-state index contributed by atoms with van der Waals surface area (Å²) >= 11 is 12.8. The van der Waals surface area contributed by atoms with E-state index < -0.39 is 0 Å². The molecule has 0 amide bonds. The van der Waals surface area contributed by atoms with Gasteiger partial charge in [0.05, 0.1) is 16.5 Å². The number of halogens is 4. The highest BCUT2D eigenvalue weighted by Crippen LogP contribution is 2.39. The Morgan fingerprint density at radius 3 is 2.65 bits per heavy atom. The fourth-order valence-electron chi connectivity index (χ4n) is 1.88. The summed E-state index contributed by atoms with van der Waals surface area (Å²) in [5.41, 5.74) is 1.34. The number of alkyl halides is 1. The zero-order valence-electron chi connectivity index (χ0n) is 10.7. The number of rotatable bonds is 4. The van der Waals surface area contributed by atoms with Gasteiger partial charge in [0, 0.05) is 15.6 Å². The standard InChI is InChI=1S/C15H12Br2ClFO/c1-2-20-14-6-4-3-5-9(14)15(17)10-7-12(18)11(16)8-13(10)19/h3-8,15H,2H2,1H3. The van der Waals surface area contributed by atoms with Crippen molar-refractivity contribution in [1.82, 2.24) is 0 Å². The molecule has 0 aliphatic carbocycles. The molecule has 106 valence electrons. The summed E-state index contributed by atoms with van der Waals surface area (Å²) in [5, 5.41) is 0.472. The van der Waals surface area contributed by atoms with Crippen molar-refractivity contribution in [3.8, 4) is 5.75 Å². The van der Waals surface area contributed by atoms with Gasteiger partial charge < -0.3 is 4.74 Å². The van der Waals surface area contributed by atoms with Crippen LogP contribution in [0.5, 0.6) is 5.75 Å². The summed E-state index contributed by atoms with van der Waals surface area (Å²) in [7, 11) is 0. The first-order valence-corrected chi connectivity index (χ1v) is 8.13. The molecule has 1 atom stereocenters. The molecule has 0 aliphatic rings. The van der Waals surface area contributed by atoms with Gasteiger partial charge in [-0.15, -0.1) is 0 Å². The molecule has 0 aliphatic heterocycles. The third-order valence-corrected chi connectivity index (χ3v) is 4.99. The molecule has 1 unspecified atom stereocenters. The molecule has 0 saturated heterocycles. The van der Waals surface area contributed by atoms with Crippen molar-refractivity contribution >= 4 is 43.5 Å². The van der Waals surface area contributed by atoms with Crippen molar-refractivity contribution < 1.29 is 9.13 Å². The third-order valence-electron chi connectivity index (χ3n) is 2.80. The molecule has 2 rings (SSSR count). The van der Waals surface area contributed by atoms with Crippen molar-refractivity contribution in [2.45, 2.75) is 11.8 Å². The van der Waals surface area contributed by atoms with E-state index in [1.165, 1.54) is 6.07 Å². The van der Waals surface area contributed by atoms with Gasteiger partial charge in [-0.25, -0.2) is 4.39 Å². The maximum atomic E-state index is 14.1. The molecule has 0 N–H and O–H groups in total. The molecule has 0 fully saturated rings. The largest absolute Gasteiger partial charge is 0.494 e. The van der Waals surface area contributed by atoms with E-state index >= 15 is 0 Å². The first-order chi connectivity index (χ1) is 9.54. The SMILES string of the molecule is CCOc1ccccc1C(Br)c1cc(Cl)c(Br)cc1F. The Hall–Kier alpha value is -0.580. The Labute approximate surface area is 139 Å². The minimum absolute atomic E-state index is 0.323. The predicted molar refractivity (Wildman–Crippen MR) is 87.5 cm³/mol. The van der Waals surface area contributed by atoms with Gasteiger partial charge in [-0.3, -0.25) is 0 Å². The molecule has 0 heterocycles. The topological polar surface area (TPSA) is 9.23 Å². The lowest BCUT2D eigenvalue weighted by Crippen LogP contribution is -2.01. The van der Waals surface area contributed by atoms with Crippen molar-refractivity contribution in [1.29, 1.82) is 0 Å². The van der Waals surface area contributed by atoms with Crippen LogP contribution in [-0.4, -0.2) is 6.61 Å². The van der Waals surface area contributed by atoms with Gasteiger partial charge in [-0.2, -0.15) is 0 Å². The number of para-hydroxylation sites is 1. The van der Waals surface area contributed by atoms with Crippen LogP contribution in [0.4, 0.5) is 4.39 Å². The lowest BCUT2D eigenvalue weighted by Gasteiger charge is -2.16. The number of ether oxygens (including phenoxy) is 1. The first kappa shape index (κ1) is 15.8. The zero-order chi connectivity index (χ0) is 14.7. The second-order valence-electron chi connectivity index (χ2n) is 4.12. The lowest BCUT2D eigenvalue weighted by molar-refractivity contribution is 0.337. The molecule has 0 spiro atoms. The quantitative estimate of drug-likeness (QED) is 0.426. The Bertz CT molecular complexity index is 619. The third kappa shape index (κ3) is 3.35. The van der Waals surface area contributed by atoms with Crippen LogP contribution in [0.15, 0.2) is 40.9 Å². The minimum Gasteiger partial charge on any atom is -0.494 e. The molecule has 0 bridgehead atoms. The van der Waals surface area contributed by atoms with Crippen LogP contribution >= 0.6 is 43.5 Å². The average Bonchev–Trinajstić information content (AvgIpc) is 2.43. The summed E-state index contributed by atoms with van der Waals surface area (Å²) in [6.07, 6.45) is 0. The molecule has 0 radical (unpaired) electrons. The average molecular weight is 423 g/mol. The summed E-state index contributed by atoms with van der Waals surface area (Å²) in [4.78, 5) is -0.323. The molecule has 0 aromatic heterocycles. The van der Waals surface area contributed by atoms with Gasteiger partial charge in [0.1, 0.15) is 11.6 Å². The van der Waals surface area contributed by atoms with Gasteiger partial charge in [-0.05, 0) is 41.1 Å². The summed E-state index contributed by atoms with van der Waals surface area (Å²) in [6, 6.07) is 10.5. The molecular formula is C15H12Br2ClFO. The van der Waals surface area contributed by atoms with Crippen LogP contribution in [0.25, 0.3) is 0 Å². The molecule has 2 aromatic carbocycles. The van der Waals surface area contributed by atoms with Crippen LogP contribution in [-0.2, 0) is 0 Å². The van der Waals surface area contributed by atoms with Crippen LogP contribution in [0.1, 0.15) is 22.9 Å². The van der Waals surface area contributed by atoms with Crippen molar-refractivity contribution in [2.24, 2.45) is 0 Å². The zero-order valence-corrected chi connectivity index (χ0v) is 14.6. The number of hydrogen-bond donors (Lipinski definition) is 0. The van der Waals surface area contributed by atoms with Gasteiger partial charge in [0.2, 0.25) is 0 Å². The predicted octanol–water partition coefficient (Wildman–Crippen LogP) is 6.12. The van der Waals surface area contributed by atoms with E-state index in [0.29, 0.717) is 21.7 Å². The highest BCUT2D eigenvalue weighted by Gasteiger charge is 2.20. The number of hydrogen-bond acceptors (Lipinski definition) is 1. The smallest absolute Gasteiger partial charge is 0.129 e. The van der Waals surface area contributed by atoms with Gasteiger partial charge in [0.15, 0.2) is 0 Å². The summed E-state index contributed by atoms with van der Waals surface area (Å²) in [5.74, 6) is 0.407. The fraction of sp³-hybridized carbons (Fsp3) is 0.200. The van der Waals surface area contributed by atoms with Crippen LogP contribution in [0.3, 0.4) is 0 Å². The molecule has 2 aromatic rings. The van der Waals surface area contributed by atoms with Crippen molar-refractivity contribution in [3.05, 3.63) is 62.8 Å². The first-order valence-electron chi connectivity index (χ1n) is 6.04. The lowest BCUT2D eigenvalue weighted by atomic mass is 10.0. The Morgan fingerprint density at radius 1 is 1.25 bits per heavy atom. The van der Waals surface area contributed by atoms with Crippen molar-refractivity contribution in [2.75, 3.05) is 6.61 Å². The normalized spacial score (nSPS) is 12.2. The summed E-state index contributed by atoms with van der Waals surface area (Å²) in [6.45, 7) is 2.47. The van der Waals surface area contributed by atoms with Gasteiger partial charge in [-0.1, -0.05) is 45.7 Å². The van der Waals surface area contributed by atoms with E-state index in [1.54, 1.807) is 6.07 Å². The monoisotopic (exact) mass is 420 g/mol. The Kier molecular flexibility index (Phi) is 5.47. The van der Waals surface area contributed by atoms with Crippen molar-refractivity contribution in [3.63, 3.8) is 0 Å². The second-order valence-corrected chi connectivity index (χ2v) is 6.30. The van der Waals surface area contributed by atoms with E-state index in [2.05, 4.69) is 31.9 Å². The molecule has 1 nitrogen and oxygen atoms in total. The number of benzene rings is 2. The molecule has 5 heteroatoms. The van der Waals surface area contributed by atoms with Crippen LogP contribution < -0.4 is 4.74 Å². The maximum Gasteiger partial charge on any atom is 0.129 e. The van der Waals surface area contributed by atoms with Gasteiger partial charge in [0.25, 0.3) is 0 Å². The molecular weight excluding hydrogens is 410 g/mol. The van der Waals surface area contributed by atoms with Crippen LogP contribution in [0.2, 0.25) is 5.02 Å². The van der Waals surface area contributed by atoms with E-state index in [-0.39, 0.29) is 10.6 Å². The Morgan fingerprint density at radius 2 is 1.95 bits per heavy atom. The minimum atomic E-state index is -0.325. The summed E-state index contributed by atoms with van der Waals surface area (Å²) < 4.78 is 20.2. The second kappa shape index (κ2) is 6.92. The van der Waals surface area contributed by atoms with E-state index in [1.807, 2.05) is 31.2 Å². The van der Waals surface area contributed by atoms with Gasteiger partial charge >= 0.3 is 0 Å². The highest BCUT2D eigenvalue weighted by molar-refractivity contribution is 9.10. The van der Waals surface area contributed by atoms with E-state index in [0.717, 1.165) is 11.3 Å². The van der Waals surface area contributed by atoms with Crippen LogP contribution in [0, 0.1) is 5.82 Å². The van der Waals surface area contributed by atoms with E-state index in [4.69, 9.17) is 16.3 Å². The fourth-order valence-corrected chi connectivity index (χ4v) is 3.09. The molecule has 20 heavy (non-hydrogen) atoms. The Balaban J connectivity index is 2.46. The van der Waals surface area contributed by atoms with E-state index in [9.17, 15) is 4.39 Å². The maximum absolute atomic E-state index is 14.1.